The van der Waals surface area contributed by atoms with Crippen LogP contribution in [-0.2, 0) is 4.79 Å². The van der Waals surface area contributed by atoms with E-state index in [1.54, 1.807) is 0 Å². The zero-order valence-electron chi connectivity index (χ0n) is 14.7. The Labute approximate surface area is 144 Å². The molecule has 2 rings (SSSR count). The van der Waals surface area contributed by atoms with Gasteiger partial charge in [-0.3, -0.25) is 4.79 Å². The van der Waals surface area contributed by atoms with Crippen molar-refractivity contribution in [2.75, 3.05) is 23.3 Å². The lowest BCUT2D eigenvalue weighted by Gasteiger charge is -2.21. The second kappa shape index (κ2) is 8.96. The fraction of sp³-hybridized carbons (Fsp3) is 0.350. The van der Waals surface area contributed by atoms with Crippen molar-refractivity contribution in [1.29, 1.82) is 0 Å². The molecule has 0 heterocycles. The SMILES string of the molecule is CCC(Oc1ccccc1)C(=O)Nc1ccc(N(CC)CC)cc1. The highest BCUT2D eigenvalue weighted by atomic mass is 16.5. The summed E-state index contributed by atoms with van der Waals surface area (Å²) < 4.78 is 5.77. The Morgan fingerprint density at radius 1 is 1.00 bits per heavy atom. The van der Waals surface area contributed by atoms with Crippen LogP contribution in [0.25, 0.3) is 0 Å². The number of para-hydroxylation sites is 1. The number of carbonyl (C=O) groups excluding carboxylic acids is 1. The molecule has 2 aromatic rings. The summed E-state index contributed by atoms with van der Waals surface area (Å²) >= 11 is 0. The number of rotatable bonds is 8. The number of nitrogens with one attached hydrogen (secondary N) is 1. The molecule has 2 aromatic carbocycles. The predicted octanol–water partition coefficient (Wildman–Crippen LogP) is 4.33. The Kier molecular flexibility index (Phi) is 6.67. The molecule has 4 heteroatoms. The smallest absolute Gasteiger partial charge is 0.265 e. The van der Waals surface area contributed by atoms with Crippen LogP contribution in [0.2, 0.25) is 0 Å². The third-order valence-corrected chi connectivity index (χ3v) is 3.95. The maximum Gasteiger partial charge on any atom is 0.265 e. The molecular weight excluding hydrogens is 300 g/mol. The van der Waals surface area contributed by atoms with Crippen molar-refractivity contribution in [1.82, 2.24) is 0 Å². The van der Waals surface area contributed by atoms with Crippen molar-refractivity contribution >= 4 is 17.3 Å². The van der Waals surface area contributed by atoms with Crippen LogP contribution in [0.1, 0.15) is 27.2 Å². The summed E-state index contributed by atoms with van der Waals surface area (Å²) in [5, 5.41) is 2.93. The van der Waals surface area contributed by atoms with Gasteiger partial charge >= 0.3 is 0 Å². The van der Waals surface area contributed by atoms with Crippen LogP contribution in [-0.4, -0.2) is 25.1 Å². The number of benzene rings is 2. The first-order chi connectivity index (χ1) is 11.7. The highest BCUT2D eigenvalue weighted by molar-refractivity contribution is 5.94. The summed E-state index contributed by atoms with van der Waals surface area (Å²) in [4.78, 5) is 14.7. The van der Waals surface area contributed by atoms with Gasteiger partial charge in [-0.25, -0.2) is 0 Å². The normalized spacial score (nSPS) is 11.6. The lowest BCUT2D eigenvalue weighted by molar-refractivity contribution is -0.122. The minimum atomic E-state index is -0.505. The topological polar surface area (TPSA) is 41.6 Å². The summed E-state index contributed by atoms with van der Waals surface area (Å²) in [5.74, 6) is 0.577. The van der Waals surface area contributed by atoms with E-state index >= 15 is 0 Å². The van der Waals surface area contributed by atoms with Gasteiger partial charge in [0.15, 0.2) is 6.10 Å². The summed E-state index contributed by atoms with van der Waals surface area (Å²) in [6.07, 6.45) is 0.105. The monoisotopic (exact) mass is 326 g/mol. The van der Waals surface area contributed by atoms with Crippen LogP contribution in [0.3, 0.4) is 0 Å². The molecule has 0 saturated heterocycles. The number of nitrogens with zero attached hydrogens (tertiary/aromatic N) is 1. The number of anilines is 2. The molecule has 0 aliphatic carbocycles. The van der Waals surface area contributed by atoms with Crippen LogP contribution in [0.15, 0.2) is 54.6 Å². The first kappa shape index (κ1) is 17.9. The van der Waals surface area contributed by atoms with Gasteiger partial charge in [0.1, 0.15) is 5.75 Å². The van der Waals surface area contributed by atoms with E-state index in [-0.39, 0.29) is 5.91 Å². The summed E-state index contributed by atoms with van der Waals surface area (Å²) in [6.45, 7) is 8.13. The highest BCUT2D eigenvalue weighted by Gasteiger charge is 2.18. The molecule has 0 fully saturated rings. The van der Waals surface area contributed by atoms with Gasteiger partial charge < -0.3 is 15.0 Å². The van der Waals surface area contributed by atoms with E-state index in [9.17, 15) is 4.79 Å². The minimum absolute atomic E-state index is 0.128. The molecule has 1 unspecified atom stereocenters. The molecule has 24 heavy (non-hydrogen) atoms. The van der Waals surface area contributed by atoms with E-state index in [2.05, 4.69) is 24.1 Å². The zero-order chi connectivity index (χ0) is 17.4. The van der Waals surface area contributed by atoms with Crippen molar-refractivity contribution in [2.45, 2.75) is 33.3 Å². The van der Waals surface area contributed by atoms with Crippen LogP contribution in [0.5, 0.6) is 5.75 Å². The molecule has 0 radical (unpaired) electrons. The minimum Gasteiger partial charge on any atom is -0.481 e. The molecule has 4 nitrogen and oxygen atoms in total. The van der Waals surface area contributed by atoms with Crippen LogP contribution in [0.4, 0.5) is 11.4 Å². The van der Waals surface area contributed by atoms with Crippen LogP contribution < -0.4 is 15.0 Å². The van der Waals surface area contributed by atoms with Gasteiger partial charge in [-0.15, -0.1) is 0 Å². The van der Waals surface area contributed by atoms with Crippen molar-refractivity contribution in [3.63, 3.8) is 0 Å². The van der Waals surface area contributed by atoms with E-state index in [0.29, 0.717) is 12.2 Å². The average molecular weight is 326 g/mol. The average Bonchev–Trinajstić information content (AvgIpc) is 2.63. The number of amides is 1. The number of ether oxygens (including phenoxy) is 1. The fourth-order valence-electron chi connectivity index (χ4n) is 2.55. The Bertz CT molecular complexity index is 622. The molecule has 1 atom stereocenters. The second-order valence-electron chi connectivity index (χ2n) is 5.54. The van der Waals surface area contributed by atoms with E-state index in [1.807, 2.05) is 61.5 Å². The van der Waals surface area contributed by atoms with Crippen molar-refractivity contribution < 1.29 is 9.53 Å². The van der Waals surface area contributed by atoms with Gasteiger partial charge in [0.25, 0.3) is 5.91 Å². The maximum atomic E-state index is 12.4. The standard InChI is InChI=1S/C20H26N2O2/c1-4-19(24-18-10-8-7-9-11-18)20(23)21-16-12-14-17(15-13-16)22(5-2)6-3/h7-15,19H,4-6H2,1-3H3,(H,21,23). The first-order valence-electron chi connectivity index (χ1n) is 8.55. The largest absolute Gasteiger partial charge is 0.481 e. The highest BCUT2D eigenvalue weighted by Crippen LogP contribution is 2.19. The molecule has 0 spiro atoms. The Morgan fingerprint density at radius 2 is 1.62 bits per heavy atom. The molecule has 0 aliphatic rings. The van der Waals surface area contributed by atoms with Gasteiger partial charge in [-0.1, -0.05) is 25.1 Å². The zero-order valence-corrected chi connectivity index (χ0v) is 14.7. The van der Waals surface area contributed by atoms with Gasteiger partial charge in [-0.2, -0.15) is 0 Å². The van der Waals surface area contributed by atoms with Gasteiger partial charge in [0, 0.05) is 24.5 Å². The van der Waals surface area contributed by atoms with Crippen molar-refractivity contribution in [3.05, 3.63) is 54.6 Å². The Balaban J connectivity index is 1.99. The quantitative estimate of drug-likeness (QED) is 0.785. The molecule has 1 amide bonds. The summed E-state index contributed by atoms with van der Waals surface area (Å²) in [7, 11) is 0. The van der Waals surface area contributed by atoms with E-state index < -0.39 is 6.10 Å². The maximum absolute atomic E-state index is 12.4. The Hall–Kier alpha value is -2.49. The van der Waals surface area contributed by atoms with Crippen molar-refractivity contribution in [3.8, 4) is 5.75 Å². The van der Waals surface area contributed by atoms with Crippen LogP contribution in [0, 0.1) is 0 Å². The Morgan fingerprint density at radius 3 is 2.17 bits per heavy atom. The van der Waals surface area contributed by atoms with Gasteiger partial charge in [0.2, 0.25) is 0 Å². The number of hydrogen-bond donors (Lipinski definition) is 1. The predicted molar refractivity (Wildman–Crippen MR) is 99.8 cm³/mol. The lowest BCUT2D eigenvalue weighted by Crippen LogP contribution is -2.32. The molecule has 0 saturated carbocycles. The second-order valence-corrected chi connectivity index (χ2v) is 5.54. The molecule has 0 aromatic heterocycles. The summed E-state index contributed by atoms with van der Waals surface area (Å²) in [5.41, 5.74) is 1.94. The molecule has 128 valence electrons. The molecule has 1 N–H and O–H groups in total. The van der Waals surface area contributed by atoms with Crippen LogP contribution >= 0.6 is 0 Å². The summed E-state index contributed by atoms with van der Waals surface area (Å²) in [6, 6.07) is 17.3. The molecule has 0 bridgehead atoms. The van der Waals surface area contributed by atoms with Crippen molar-refractivity contribution in [2.24, 2.45) is 0 Å². The number of carbonyl (C=O) groups is 1. The lowest BCUT2D eigenvalue weighted by atomic mass is 10.2. The van der Waals surface area contributed by atoms with E-state index in [1.165, 1.54) is 0 Å². The molecule has 0 aliphatic heterocycles. The van der Waals surface area contributed by atoms with E-state index in [4.69, 9.17) is 4.74 Å². The first-order valence-corrected chi connectivity index (χ1v) is 8.55. The van der Waals surface area contributed by atoms with Gasteiger partial charge in [-0.05, 0) is 56.7 Å². The fourth-order valence-corrected chi connectivity index (χ4v) is 2.55. The third-order valence-electron chi connectivity index (χ3n) is 3.95. The number of hydrogen-bond acceptors (Lipinski definition) is 3. The molecular formula is C20H26N2O2. The third kappa shape index (κ3) is 4.75. The van der Waals surface area contributed by atoms with E-state index in [0.717, 1.165) is 24.5 Å². The van der Waals surface area contributed by atoms with Gasteiger partial charge in [0.05, 0.1) is 0 Å².